The van der Waals surface area contributed by atoms with E-state index in [1.165, 1.54) is 24.6 Å². The van der Waals surface area contributed by atoms with Crippen molar-refractivity contribution in [2.75, 3.05) is 0 Å². The number of hydrogen-bond acceptors (Lipinski definition) is 7. The zero-order valence-electron chi connectivity index (χ0n) is 11.1. The van der Waals surface area contributed by atoms with E-state index in [-0.39, 0.29) is 18.0 Å². The summed E-state index contributed by atoms with van der Waals surface area (Å²) in [6, 6.07) is 0. The van der Waals surface area contributed by atoms with Crippen molar-refractivity contribution in [2.45, 2.75) is 6.61 Å². The first-order valence-electron chi connectivity index (χ1n) is 5.86. The van der Waals surface area contributed by atoms with Gasteiger partial charge < -0.3 is 9.15 Å². The quantitative estimate of drug-likeness (QED) is 0.720. The van der Waals surface area contributed by atoms with E-state index in [1.54, 1.807) is 5.38 Å². The molecule has 3 heterocycles. The van der Waals surface area contributed by atoms with E-state index < -0.39 is 5.69 Å². The average Bonchev–Trinajstić information content (AvgIpc) is 3.11. The monoisotopic (exact) mass is 315 g/mol. The third kappa shape index (κ3) is 2.21. The molecule has 3 aromatic rings. The van der Waals surface area contributed by atoms with Crippen LogP contribution in [0.2, 0.25) is 5.22 Å². The fraction of sp³-hybridized carbons (Fsp3) is 0.200. The van der Waals surface area contributed by atoms with Crippen LogP contribution < -0.4 is 10.4 Å². The Morgan fingerprint density at radius 3 is 3.10 bits per heavy atom. The summed E-state index contributed by atoms with van der Waals surface area (Å²) in [5.41, 5.74) is 0.359. The normalized spacial score (nSPS) is 11.6. The van der Waals surface area contributed by atoms with Crippen molar-refractivity contribution >= 4 is 22.9 Å². The van der Waals surface area contributed by atoms with E-state index in [4.69, 9.17) is 22.1 Å². The van der Waals surface area contributed by atoms with E-state index in [0.717, 1.165) is 9.36 Å². The zero-order chi connectivity index (χ0) is 15.0. The Bertz CT molecular complexity index is 838. The number of aromatic nitrogens is 5. The Labute approximate surface area is 122 Å². The molecule has 0 saturated carbocycles. The number of tetrazole rings is 1. The van der Waals surface area contributed by atoms with Gasteiger partial charge in [0.25, 0.3) is 5.19 Å². The lowest BCUT2D eigenvalue weighted by molar-refractivity contribution is 0.303. The first kappa shape index (κ1) is 11.7. The standard InChI is InChI=1S/C10H8ClN5O3S/c1-15-10(17)16(14-13-15)7-5-18-8(11)6(7)4-19-9-12-2-3-20-9/h2-3,5H,4H2,1H3/i2T. The molecule has 0 aliphatic rings. The maximum atomic E-state index is 11.8. The molecule has 3 aromatic heterocycles. The van der Waals surface area contributed by atoms with E-state index in [0.29, 0.717) is 16.4 Å². The summed E-state index contributed by atoms with van der Waals surface area (Å²) in [5, 5.41) is 9.30. The van der Waals surface area contributed by atoms with Gasteiger partial charge in [0.1, 0.15) is 18.6 Å². The minimum Gasteiger partial charge on any atom is -0.465 e. The van der Waals surface area contributed by atoms with Gasteiger partial charge in [-0.05, 0) is 22.0 Å². The Hall–Kier alpha value is -2.13. The Morgan fingerprint density at radius 2 is 2.45 bits per heavy atom. The van der Waals surface area contributed by atoms with Crippen molar-refractivity contribution in [2.24, 2.45) is 7.05 Å². The van der Waals surface area contributed by atoms with Gasteiger partial charge in [-0.2, -0.15) is 9.36 Å². The highest BCUT2D eigenvalue weighted by atomic mass is 35.5. The lowest BCUT2D eigenvalue weighted by Crippen LogP contribution is -2.22. The van der Waals surface area contributed by atoms with Crippen LogP contribution in [0, 0.1) is 0 Å². The molecule has 0 fully saturated rings. The van der Waals surface area contributed by atoms with Gasteiger partial charge in [0.15, 0.2) is 0 Å². The predicted octanol–water partition coefficient (Wildman–Crippen LogP) is 1.25. The van der Waals surface area contributed by atoms with E-state index >= 15 is 0 Å². The van der Waals surface area contributed by atoms with E-state index in [2.05, 4.69) is 15.4 Å². The molecule has 0 aromatic carbocycles. The Kier molecular flexibility index (Phi) is 2.98. The predicted molar refractivity (Wildman–Crippen MR) is 70.3 cm³/mol. The van der Waals surface area contributed by atoms with Crippen LogP contribution in [-0.2, 0) is 13.7 Å². The third-order valence-electron chi connectivity index (χ3n) is 2.48. The molecule has 0 radical (unpaired) electrons. The molecule has 3 rings (SSSR count). The smallest absolute Gasteiger partial charge is 0.368 e. The summed E-state index contributed by atoms with van der Waals surface area (Å²) in [6.45, 7) is 0.0284. The number of hydrogen-bond donors (Lipinski definition) is 0. The number of furan rings is 1. The molecule has 0 bridgehead atoms. The van der Waals surface area contributed by atoms with Gasteiger partial charge in [-0.3, -0.25) is 0 Å². The number of ether oxygens (including phenoxy) is 1. The summed E-state index contributed by atoms with van der Waals surface area (Å²) in [5.74, 6) is 0. The van der Waals surface area contributed by atoms with Crippen LogP contribution in [0.4, 0.5) is 0 Å². The molecule has 0 atom stereocenters. The van der Waals surface area contributed by atoms with Crippen LogP contribution in [0.1, 0.15) is 6.93 Å². The fourth-order valence-corrected chi connectivity index (χ4v) is 2.14. The van der Waals surface area contributed by atoms with Crippen LogP contribution >= 0.6 is 22.9 Å². The highest BCUT2D eigenvalue weighted by molar-refractivity contribution is 7.11. The molecule has 0 saturated heterocycles. The van der Waals surface area contributed by atoms with Crippen molar-refractivity contribution in [1.82, 2.24) is 24.8 Å². The van der Waals surface area contributed by atoms with Crippen LogP contribution in [-0.4, -0.2) is 24.8 Å². The first-order valence-corrected chi connectivity index (χ1v) is 6.62. The minimum absolute atomic E-state index is 0.0284. The molecule has 0 aliphatic carbocycles. The van der Waals surface area contributed by atoms with Gasteiger partial charge in [0.2, 0.25) is 5.22 Å². The van der Waals surface area contributed by atoms with Gasteiger partial charge in [-0.15, -0.1) is 0 Å². The summed E-state index contributed by atoms with van der Waals surface area (Å²) < 4.78 is 20.0. The molecule has 10 heteroatoms. The summed E-state index contributed by atoms with van der Waals surface area (Å²) in [6.07, 6.45) is 1.42. The number of nitrogens with zero attached hydrogens (tertiary/aromatic N) is 5. The number of aryl methyl sites for hydroxylation is 1. The number of halogens is 1. The summed E-state index contributed by atoms with van der Waals surface area (Å²) >= 11 is 7.15. The molecular formula is C10H8ClN5O3S. The summed E-state index contributed by atoms with van der Waals surface area (Å²) in [7, 11) is 1.48. The van der Waals surface area contributed by atoms with Crippen molar-refractivity contribution in [3.8, 4) is 10.9 Å². The topological polar surface area (TPSA) is 88.0 Å². The largest absolute Gasteiger partial charge is 0.465 e. The first-order chi connectivity index (χ1) is 10.1. The summed E-state index contributed by atoms with van der Waals surface area (Å²) in [4.78, 5) is 15.7. The zero-order valence-corrected chi connectivity index (χ0v) is 11.7. The molecule has 0 unspecified atom stereocenters. The average molecular weight is 316 g/mol. The maximum Gasteiger partial charge on any atom is 0.368 e. The molecule has 104 valence electrons. The second kappa shape index (κ2) is 5.10. The van der Waals surface area contributed by atoms with E-state index in [1.807, 2.05) is 0 Å². The fourth-order valence-electron chi connectivity index (χ4n) is 1.51. The van der Waals surface area contributed by atoms with Crippen molar-refractivity contribution in [1.29, 1.82) is 0 Å². The molecule has 0 N–H and O–H groups in total. The van der Waals surface area contributed by atoms with Crippen molar-refractivity contribution in [3.05, 3.63) is 39.1 Å². The Morgan fingerprint density at radius 1 is 1.60 bits per heavy atom. The van der Waals surface area contributed by atoms with E-state index in [9.17, 15) is 4.79 Å². The van der Waals surface area contributed by atoms with Gasteiger partial charge in [-0.1, -0.05) is 11.3 Å². The highest BCUT2D eigenvalue weighted by Gasteiger charge is 2.18. The lowest BCUT2D eigenvalue weighted by Gasteiger charge is -2.02. The Balaban J connectivity index is 1.90. The van der Waals surface area contributed by atoms with Crippen molar-refractivity contribution in [3.63, 3.8) is 0 Å². The van der Waals surface area contributed by atoms with Crippen LogP contribution in [0.5, 0.6) is 5.19 Å². The van der Waals surface area contributed by atoms with Gasteiger partial charge in [0.05, 0.1) is 6.93 Å². The van der Waals surface area contributed by atoms with Crippen molar-refractivity contribution < 1.29 is 10.5 Å². The van der Waals surface area contributed by atoms with Gasteiger partial charge in [0, 0.05) is 18.6 Å². The van der Waals surface area contributed by atoms with Crippen LogP contribution in [0.25, 0.3) is 5.69 Å². The second-order valence-electron chi connectivity index (χ2n) is 3.70. The van der Waals surface area contributed by atoms with Crippen LogP contribution in [0.15, 0.2) is 27.0 Å². The van der Waals surface area contributed by atoms with Crippen LogP contribution in [0.3, 0.4) is 0 Å². The second-order valence-corrected chi connectivity index (χ2v) is 4.87. The van der Waals surface area contributed by atoms with Gasteiger partial charge in [-0.25, -0.2) is 9.78 Å². The third-order valence-corrected chi connectivity index (χ3v) is 3.43. The molecule has 8 nitrogen and oxygen atoms in total. The molecule has 0 aliphatic heterocycles. The molecule has 0 spiro atoms. The maximum absolute atomic E-state index is 11.8. The number of thiazole rings is 1. The molecule has 20 heavy (non-hydrogen) atoms. The number of rotatable bonds is 4. The highest BCUT2D eigenvalue weighted by Crippen LogP contribution is 2.26. The SMILES string of the molecule is [3H]c1csc(OCc2c(-n3nnn(C)c3=O)coc2Cl)n1. The van der Waals surface area contributed by atoms with Gasteiger partial charge >= 0.3 is 5.69 Å². The molecular weight excluding hydrogens is 306 g/mol. The lowest BCUT2D eigenvalue weighted by atomic mass is 10.3. The minimum atomic E-state index is -0.434. The molecule has 0 amide bonds.